The number of nitrogens with zero attached hydrogens (tertiary/aromatic N) is 5. The van der Waals surface area contributed by atoms with Crippen molar-refractivity contribution in [2.24, 2.45) is 5.41 Å². The van der Waals surface area contributed by atoms with Gasteiger partial charge in [-0.3, -0.25) is 24.1 Å². The Morgan fingerprint density at radius 2 is 1.58 bits per heavy atom. The van der Waals surface area contributed by atoms with Crippen LogP contribution in [0.1, 0.15) is 77.0 Å². The highest BCUT2D eigenvalue weighted by Gasteiger charge is 2.51. The van der Waals surface area contributed by atoms with Gasteiger partial charge in [0.25, 0.3) is 5.91 Å². The molecule has 1 aromatic heterocycles. The molecule has 3 atom stereocenters. The standard InChI is InChI=1S/C53H54ClF3N6O8S/c1-51(2,3)46(48(67)61-29-39(64)27-42(61)43(65)23-10-32-8-11-35(12-9-32)45-47(54)59-31-71-45)60-44(66)30-69-24-6-7-25-70-40-21-16-34(17-22-40)33-13-18-37(19-14-33)63-50(72)62(49(68)52(63,4)5)38-20-15-36(28-58)41(26-38)53(55,56)57/h8-9,11-22,26,31,39,42,46,64H,6-7,10,23-25,27,29-30H2,1-5H3,(H,60,66)/t39-,42+,46-/m1/s1. The number of hydrogen-bond donors (Lipinski definition) is 2. The number of hydrogen-bond acceptors (Lipinski definition) is 11. The van der Waals surface area contributed by atoms with E-state index in [1.54, 1.807) is 36.9 Å². The van der Waals surface area contributed by atoms with Crippen molar-refractivity contribution in [2.45, 2.75) is 96.6 Å². The number of aliphatic hydroxyl groups excluding tert-OH is 1. The fourth-order valence-corrected chi connectivity index (χ4v) is 9.44. The molecule has 0 aliphatic carbocycles. The van der Waals surface area contributed by atoms with E-state index in [4.69, 9.17) is 37.7 Å². The summed E-state index contributed by atoms with van der Waals surface area (Å²) < 4.78 is 58.2. The molecule has 0 unspecified atom stereocenters. The molecular weight excluding hydrogens is 973 g/mol. The average Bonchev–Trinajstić information content (AvgIpc) is 4.01. The Morgan fingerprint density at radius 1 is 0.958 bits per heavy atom. The van der Waals surface area contributed by atoms with Crippen LogP contribution in [0.15, 0.2) is 102 Å². The van der Waals surface area contributed by atoms with Gasteiger partial charge in [-0.15, -0.1) is 0 Å². The number of rotatable bonds is 18. The topological polar surface area (TPSA) is 179 Å². The number of benzene rings is 4. The minimum absolute atomic E-state index is 0.000991. The average molecular weight is 1030 g/mol. The number of oxazole rings is 1. The zero-order valence-corrected chi connectivity index (χ0v) is 41.9. The summed E-state index contributed by atoms with van der Waals surface area (Å²) in [5.41, 5.74) is 0.197. The van der Waals surface area contributed by atoms with E-state index in [0.717, 1.165) is 39.3 Å². The lowest BCUT2D eigenvalue weighted by molar-refractivity contribution is -0.144. The number of β-amino-alcohol motifs (C(OH)–C–C–N with tert-alkyl or cyclic N) is 1. The summed E-state index contributed by atoms with van der Waals surface area (Å²) in [6.07, 6.45) is -2.51. The Hall–Kier alpha value is -6.65. The number of ketones is 1. The molecule has 0 bridgehead atoms. The molecule has 5 aromatic rings. The second-order valence-corrected chi connectivity index (χ2v) is 20.0. The van der Waals surface area contributed by atoms with Gasteiger partial charge in [0, 0.05) is 37.2 Å². The normalized spacial score (nSPS) is 17.3. The van der Waals surface area contributed by atoms with E-state index in [-0.39, 0.29) is 54.3 Å². The highest BCUT2D eigenvalue weighted by molar-refractivity contribution is 7.81. The number of aromatic nitrogens is 1. The number of nitrogens with one attached hydrogen (secondary N) is 1. The summed E-state index contributed by atoms with van der Waals surface area (Å²) in [7, 11) is 0. The van der Waals surface area contributed by atoms with E-state index in [1.807, 2.05) is 81.4 Å². The molecule has 2 saturated heterocycles. The number of alkyl halides is 3. The number of carbonyl (C=O) groups excluding carboxylic acids is 4. The summed E-state index contributed by atoms with van der Waals surface area (Å²) in [4.78, 5) is 62.2. The molecule has 7 rings (SSSR count). The van der Waals surface area contributed by atoms with E-state index in [9.17, 15) is 42.7 Å². The van der Waals surface area contributed by atoms with Gasteiger partial charge >= 0.3 is 6.18 Å². The number of thiocarbonyl (C=S) groups is 1. The number of nitriles is 1. The van der Waals surface area contributed by atoms with Gasteiger partial charge in [0.15, 0.2) is 28.2 Å². The SMILES string of the molecule is CC(C)(C)[C@H](NC(=O)COCCCCOc1ccc(-c2ccc(N3C(=S)N(c4ccc(C#N)c(C(F)(F)F)c4)C(=O)C3(C)C)cc2)cc1)C(=O)N1C[C@H](O)C[C@H]1C(=O)CCc1ccc(-c2ocnc2Cl)cc1. The fourth-order valence-electron chi connectivity index (χ4n) is 8.72. The van der Waals surface area contributed by atoms with Gasteiger partial charge < -0.3 is 34.1 Å². The van der Waals surface area contributed by atoms with Gasteiger partial charge in [-0.25, -0.2) is 4.98 Å². The number of likely N-dealkylation sites (tertiary alicyclic amines) is 1. The third-order valence-electron chi connectivity index (χ3n) is 12.6. The van der Waals surface area contributed by atoms with E-state index in [2.05, 4.69) is 10.3 Å². The molecule has 72 heavy (non-hydrogen) atoms. The van der Waals surface area contributed by atoms with Gasteiger partial charge in [0.05, 0.1) is 41.6 Å². The predicted molar refractivity (Wildman–Crippen MR) is 268 cm³/mol. The van der Waals surface area contributed by atoms with Crippen molar-refractivity contribution in [1.29, 1.82) is 5.26 Å². The lowest BCUT2D eigenvalue weighted by Crippen LogP contribution is -2.57. The Morgan fingerprint density at radius 3 is 2.19 bits per heavy atom. The molecule has 4 aromatic carbocycles. The lowest BCUT2D eigenvalue weighted by Gasteiger charge is -2.35. The number of halogens is 4. The zero-order valence-electron chi connectivity index (χ0n) is 40.3. The number of aryl methyl sites for hydroxylation is 1. The minimum Gasteiger partial charge on any atom is -0.494 e. The largest absolute Gasteiger partial charge is 0.494 e. The van der Waals surface area contributed by atoms with Crippen molar-refractivity contribution in [1.82, 2.24) is 15.2 Å². The van der Waals surface area contributed by atoms with Crippen LogP contribution >= 0.6 is 23.8 Å². The maximum absolute atomic E-state index is 14.0. The molecule has 2 N–H and O–H groups in total. The summed E-state index contributed by atoms with van der Waals surface area (Å²) in [6, 6.07) is 24.9. The second kappa shape index (κ2) is 22.0. The molecule has 0 radical (unpaired) electrons. The maximum Gasteiger partial charge on any atom is 0.417 e. The molecule has 2 aliphatic heterocycles. The molecule has 378 valence electrons. The highest BCUT2D eigenvalue weighted by atomic mass is 35.5. The van der Waals surface area contributed by atoms with Crippen molar-refractivity contribution < 1.29 is 51.3 Å². The minimum atomic E-state index is -4.81. The van der Waals surface area contributed by atoms with E-state index < -0.39 is 64.2 Å². The number of unbranched alkanes of at least 4 members (excludes halogenated alkanes) is 1. The van der Waals surface area contributed by atoms with E-state index >= 15 is 0 Å². The fraction of sp³-hybridized carbons (Fsp3) is 0.377. The third-order valence-corrected chi connectivity index (χ3v) is 13.2. The van der Waals surface area contributed by atoms with Gasteiger partial charge in [0.2, 0.25) is 11.8 Å². The Kier molecular flexibility index (Phi) is 16.2. The Balaban J connectivity index is 0.841. The van der Waals surface area contributed by atoms with Gasteiger partial charge in [-0.1, -0.05) is 80.9 Å². The van der Waals surface area contributed by atoms with Crippen LogP contribution in [0.4, 0.5) is 24.5 Å². The summed E-state index contributed by atoms with van der Waals surface area (Å²) in [5.74, 6) is -0.535. The second-order valence-electron chi connectivity index (χ2n) is 19.2. The van der Waals surface area contributed by atoms with E-state index in [0.29, 0.717) is 43.1 Å². The van der Waals surface area contributed by atoms with Crippen LogP contribution in [-0.2, 0) is 36.5 Å². The summed E-state index contributed by atoms with van der Waals surface area (Å²) in [5, 5.41) is 22.9. The molecule has 0 spiro atoms. The first-order chi connectivity index (χ1) is 34.1. The molecule has 3 amide bonds. The van der Waals surface area contributed by atoms with Crippen LogP contribution in [0.25, 0.3) is 22.5 Å². The predicted octanol–water partition coefficient (Wildman–Crippen LogP) is 9.34. The number of anilines is 2. The van der Waals surface area contributed by atoms with Crippen molar-refractivity contribution in [3.8, 4) is 34.3 Å². The number of aliphatic hydroxyl groups is 1. The molecule has 2 fully saturated rings. The van der Waals surface area contributed by atoms with Crippen LogP contribution in [0, 0.1) is 16.7 Å². The van der Waals surface area contributed by atoms with Crippen LogP contribution in [-0.4, -0.2) is 93.7 Å². The van der Waals surface area contributed by atoms with Crippen molar-refractivity contribution in [3.63, 3.8) is 0 Å². The van der Waals surface area contributed by atoms with E-state index in [1.165, 1.54) is 17.4 Å². The number of ether oxygens (including phenoxy) is 2. The molecule has 14 nitrogen and oxygen atoms in total. The van der Waals surface area contributed by atoms with Crippen LogP contribution in [0.2, 0.25) is 5.15 Å². The first-order valence-electron chi connectivity index (χ1n) is 23.3. The smallest absolute Gasteiger partial charge is 0.417 e. The number of carbonyl (C=O) groups is 4. The number of Topliss-reactive ketones (excluding diaryl/α,β-unsaturated/α-hetero) is 1. The van der Waals surface area contributed by atoms with Gasteiger partial charge in [0.1, 0.15) is 23.9 Å². The molecule has 0 saturated carbocycles. The quantitative estimate of drug-likeness (QED) is 0.0629. The van der Waals surface area contributed by atoms with Gasteiger partial charge in [-0.2, -0.15) is 18.4 Å². The number of amides is 3. The van der Waals surface area contributed by atoms with Crippen molar-refractivity contribution in [3.05, 3.63) is 119 Å². The molecular formula is C53H54ClF3N6O8S. The van der Waals surface area contributed by atoms with Crippen LogP contribution in [0.5, 0.6) is 5.75 Å². The third kappa shape index (κ3) is 12.0. The first-order valence-corrected chi connectivity index (χ1v) is 24.1. The molecule has 2 aliphatic rings. The Labute approximate surface area is 425 Å². The Bertz CT molecular complexity index is 2840. The van der Waals surface area contributed by atoms with Crippen molar-refractivity contribution >= 4 is 63.8 Å². The lowest BCUT2D eigenvalue weighted by atomic mass is 9.85. The monoisotopic (exact) mass is 1030 g/mol. The highest BCUT2D eigenvalue weighted by Crippen LogP contribution is 2.40. The van der Waals surface area contributed by atoms with Gasteiger partial charge in [-0.05, 0) is 110 Å². The zero-order chi connectivity index (χ0) is 52.1. The summed E-state index contributed by atoms with van der Waals surface area (Å²) in [6.45, 7) is 9.09. The van der Waals surface area contributed by atoms with Crippen LogP contribution < -0.4 is 19.9 Å². The molecule has 19 heteroatoms. The van der Waals surface area contributed by atoms with Crippen molar-refractivity contribution in [2.75, 3.05) is 36.2 Å². The summed E-state index contributed by atoms with van der Waals surface area (Å²) >= 11 is 11.7. The maximum atomic E-state index is 14.0. The van der Waals surface area contributed by atoms with Crippen LogP contribution in [0.3, 0.4) is 0 Å². The first kappa shape index (κ1) is 53.2. The molecule has 3 heterocycles.